The van der Waals surface area contributed by atoms with Crippen LogP contribution in [0.5, 0.6) is 0 Å². The molecule has 0 saturated carbocycles. The van der Waals surface area contributed by atoms with Gasteiger partial charge < -0.3 is 15.7 Å². The molecule has 1 aromatic rings. The molecule has 1 atom stereocenters. The summed E-state index contributed by atoms with van der Waals surface area (Å²) in [6, 6.07) is 4.81. The predicted molar refractivity (Wildman–Crippen MR) is 70.0 cm³/mol. The van der Waals surface area contributed by atoms with Gasteiger partial charge >= 0.3 is 12.0 Å². The maximum Gasteiger partial charge on any atom is 0.319 e. The van der Waals surface area contributed by atoms with Gasteiger partial charge in [-0.3, -0.25) is 4.79 Å². The Bertz CT molecular complexity index is 463. The Morgan fingerprint density at radius 2 is 2.11 bits per heavy atom. The quantitative estimate of drug-likeness (QED) is 0.786. The third-order valence-electron chi connectivity index (χ3n) is 2.43. The van der Waals surface area contributed by atoms with Gasteiger partial charge in [-0.25, -0.2) is 4.79 Å². The zero-order valence-corrected chi connectivity index (χ0v) is 10.9. The zero-order chi connectivity index (χ0) is 13.7. The molecule has 1 rings (SSSR count). The van der Waals surface area contributed by atoms with E-state index in [2.05, 4.69) is 10.6 Å². The fourth-order valence-corrected chi connectivity index (χ4v) is 1.42. The number of amides is 2. The average molecular weight is 271 g/mol. The molecule has 0 spiro atoms. The number of hydrogen-bond donors (Lipinski definition) is 3. The second kappa shape index (κ2) is 6.26. The molecule has 0 heterocycles. The number of hydrogen-bond acceptors (Lipinski definition) is 2. The molecule has 0 aliphatic heterocycles. The van der Waals surface area contributed by atoms with Crippen molar-refractivity contribution in [1.82, 2.24) is 5.32 Å². The molecule has 0 radical (unpaired) electrons. The van der Waals surface area contributed by atoms with Gasteiger partial charge in [0, 0.05) is 6.54 Å². The zero-order valence-electron chi connectivity index (χ0n) is 10.2. The summed E-state index contributed by atoms with van der Waals surface area (Å²) in [5.41, 5.74) is 1.35. The topological polar surface area (TPSA) is 78.4 Å². The Labute approximate surface area is 110 Å². The van der Waals surface area contributed by atoms with Crippen LogP contribution in [-0.4, -0.2) is 23.7 Å². The van der Waals surface area contributed by atoms with E-state index < -0.39 is 17.9 Å². The number of carbonyl (C=O) groups is 2. The van der Waals surface area contributed by atoms with Crippen LogP contribution in [0.15, 0.2) is 18.2 Å². The van der Waals surface area contributed by atoms with Crippen LogP contribution in [0.2, 0.25) is 5.02 Å². The number of nitrogens with one attached hydrogen (secondary N) is 2. The van der Waals surface area contributed by atoms with E-state index >= 15 is 0 Å². The lowest BCUT2D eigenvalue weighted by Crippen LogP contribution is -2.34. The molecule has 6 heteroatoms. The highest BCUT2D eigenvalue weighted by Crippen LogP contribution is 2.24. The Kier molecular flexibility index (Phi) is 4.97. The first kappa shape index (κ1) is 14.3. The molecular weight excluding hydrogens is 256 g/mol. The number of urea groups is 1. The third kappa shape index (κ3) is 3.92. The van der Waals surface area contributed by atoms with Crippen LogP contribution in [-0.2, 0) is 4.79 Å². The summed E-state index contributed by atoms with van der Waals surface area (Å²) in [5, 5.41) is 14.2. The number of halogens is 1. The van der Waals surface area contributed by atoms with E-state index in [1.807, 2.05) is 13.0 Å². The first-order valence-electron chi connectivity index (χ1n) is 5.44. The maximum atomic E-state index is 11.5. The fourth-order valence-electron chi connectivity index (χ4n) is 1.24. The fraction of sp³-hybridized carbons (Fsp3) is 0.333. The summed E-state index contributed by atoms with van der Waals surface area (Å²) in [7, 11) is 0. The summed E-state index contributed by atoms with van der Waals surface area (Å²) in [5.74, 6) is -1.59. The van der Waals surface area contributed by atoms with Crippen LogP contribution in [0.25, 0.3) is 0 Å². The molecule has 0 saturated heterocycles. The second-order valence-corrected chi connectivity index (χ2v) is 4.39. The molecular formula is C12H15ClN2O3. The van der Waals surface area contributed by atoms with Crippen LogP contribution in [0, 0.1) is 12.8 Å². The highest BCUT2D eigenvalue weighted by atomic mass is 35.5. The smallest absolute Gasteiger partial charge is 0.319 e. The standard InChI is InChI=1S/C12H15ClN2O3/c1-7-4-3-5-9(10(7)13)15-12(18)14-6-8(2)11(16)17/h3-5,8H,6H2,1-2H3,(H,16,17)(H2,14,15,18). The number of carboxylic acid groups (broad SMARTS) is 1. The molecule has 18 heavy (non-hydrogen) atoms. The molecule has 1 aromatic carbocycles. The molecule has 0 aromatic heterocycles. The van der Waals surface area contributed by atoms with Crippen LogP contribution in [0.1, 0.15) is 12.5 Å². The Morgan fingerprint density at radius 3 is 2.72 bits per heavy atom. The van der Waals surface area contributed by atoms with Crippen molar-refractivity contribution in [3.63, 3.8) is 0 Å². The number of rotatable bonds is 4. The van der Waals surface area contributed by atoms with Crippen LogP contribution in [0.3, 0.4) is 0 Å². The SMILES string of the molecule is Cc1cccc(NC(=O)NCC(C)C(=O)O)c1Cl. The lowest BCUT2D eigenvalue weighted by molar-refractivity contribution is -0.140. The third-order valence-corrected chi connectivity index (χ3v) is 2.93. The Balaban J connectivity index is 2.55. The van der Waals surface area contributed by atoms with Crippen molar-refractivity contribution in [3.05, 3.63) is 28.8 Å². The van der Waals surface area contributed by atoms with Crippen molar-refractivity contribution < 1.29 is 14.7 Å². The number of carbonyl (C=O) groups excluding carboxylic acids is 1. The number of aliphatic carboxylic acids is 1. The van der Waals surface area contributed by atoms with Gasteiger partial charge in [0.05, 0.1) is 16.6 Å². The minimum atomic E-state index is -0.955. The molecule has 3 N–H and O–H groups in total. The van der Waals surface area contributed by atoms with Crippen molar-refractivity contribution in [2.24, 2.45) is 5.92 Å². The lowest BCUT2D eigenvalue weighted by Gasteiger charge is -2.11. The minimum absolute atomic E-state index is 0.0601. The van der Waals surface area contributed by atoms with Crippen molar-refractivity contribution in [1.29, 1.82) is 0 Å². The summed E-state index contributed by atoms with van der Waals surface area (Å²) < 4.78 is 0. The van der Waals surface area contributed by atoms with Gasteiger partial charge in [0.2, 0.25) is 0 Å². The molecule has 98 valence electrons. The number of anilines is 1. The van der Waals surface area contributed by atoms with Gasteiger partial charge in [-0.15, -0.1) is 0 Å². The number of carboxylic acids is 1. The highest BCUT2D eigenvalue weighted by molar-refractivity contribution is 6.34. The first-order valence-corrected chi connectivity index (χ1v) is 5.82. The molecule has 0 bridgehead atoms. The van der Waals surface area contributed by atoms with E-state index in [0.29, 0.717) is 10.7 Å². The summed E-state index contributed by atoms with van der Waals surface area (Å²) in [6.07, 6.45) is 0. The normalized spacial score (nSPS) is 11.7. The van der Waals surface area contributed by atoms with E-state index in [1.54, 1.807) is 12.1 Å². The summed E-state index contributed by atoms with van der Waals surface area (Å²) >= 11 is 6.01. The minimum Gasteiger partial charge on any atom is -0.481 e. The molecule has 0 fully saturated rings. The van der Waals surface area contributed by atoms with Gasteiger partial charge in [-0.2, -0.15) is 0 Å². The summed E-state index contributed by atoms with van der Waals surface area (Å²) in [4.78, 5) is 22.1. The Morgan fingerprint density at radius 1 is 1.44 bits per heavy atom. The monoisotopic (exact) mass is 270 g/mol. The summed E-state index contributed by atoms with van der Waals surface area (Å²) in [6.45, 7) is 3.41. The second-order valence-electron chi connectivity index (χ2n) is 4.01. The molecule has 2 amide bonds. The molecule has 0 aliphatic carbocycles. The largest absolute Gasteiger partial charge is 0.481 e. The first-order chi connectivity index (χ1) is 8.41. The van der Waals surface area contributed by atoms with Crippen molar-refractivity contribution in [3.8, 4) is 0 Å². The highest BCUT2D eigenvalue weighted by Gasteiger charge is 2.12. The number of benzene rings is 1. The van der Waals surface area contributed by atoms with E-state index in [-0.39, 0.29) is 6.54 Å². The van der Waals surface area contributed by atoms with E-state index in [9.17, 15) is 9.59 Å². The van der Waals surface area contributed by atoms with Crippen LogP contribution >= 0.6 is 11.6 Å². The van der Waals surface area contributed by atoms with Gasteiger partial charge in [0.1, 0.15) is 0 Å². The molecule has 5 nitrogen and oxygen atoms in total. The van der Waals surface area contributed by atoms with Crippen molar-refractivity contribution in [2.45, 2.75) is 13.8 Å². The van der Waals surface area contributed by atoms with Crippen molar-refractivity contribution >= 4 is 29.3 Å². The van der Waals surface area contributed by atoms with Crippen molar-refractivity contribution in [2.75, 3.05) is 11.9 Å². The molecule has 1 unspecified atom stereocenters. The van der Waals surface area contributed by atoms with Gasteiger partial charge in [0.25, 0.3) is 0 Å². The van der Waals surface area contributed by atoms with Gasteiger partial charge in [-0.05, 0) is 18.6 Å². The van der Waals surface area contributed by atoms with Gasteiger partial charge in [0.15, 0.2) is 0 Å². The molecule has 0 aliphatic rings. The number of aryl methyl sites for hydroxylation is 1. The van der Waals surface area contributed by atoms with Crippen LogP contribution in [0.4, 0.5) is 10.5 Å². The predicted octanol–water partition coefficient (Wildman–Crippen LogP) is 2.49. The van der Waals surface area contributed by atoms with Gasteiger partial charge in [-0.1, -0.05) is 30.7 Å². The van der Waals surface area contributed by atoms with E-state index in [4.69, 9.17) is 16.7 Å². The van der Waals surface area contributed by atoms with Crippen LogP contribution < -0.4 is 10.6 Å². The average Bonchev–Trinajstić information content (AvgIpc) is 2.32. The maximum absolute atomic E-state index is 11.5. The van der Waals surface area contributed by atoms with E-state index in [0.717, 1.165) is 5.56 Å². The Hall–Kier alpha value is -1.75. The van der Waals surface area contributed by atoms with E-state index in [1.165, 1.54) is 6.92 Å². The lowest BCUT2D eigenvalue weighted by atomic mass is 10.2.